The molecule has 1 fully saturated rings. The van der Waals surface area contributed by atoms with Gasteiger partial charge in [0.25, 0.3) is 0 Å². The Kier molecular flexibility index (Phi) is 3.55. The molecule has 0 radical (unpaired) electrons. The summed E-state index contributed by atoms with van der Waals surface area (Å²) in [7, 11) is 0. The van der Waals surface area contributed by atoms with Crippen molar-refractivity contribution in [3.8, 4) is 6.07 Å². The maximum Gasteiger partial charge on any atom is 0.191 e. The van der Waals surface area contributed by atoms with Gasteiger partial charge in [0.1, 0.15) is 5.82 Å². The molecule has 1 aromatic rings. The van der Waals surface area contributed by atoms with Gasteiger partial charge >= 0.3 is 0 Å². The van der Waals surface area contributed by atoms with Gasteiger partial charge in [0.05, 0.1) is 12.0 Å². The fourth-order valence-electron chi connectivity index (χ4n) is 2.90. The van der Waals surface area contributed by atoms with E-state index in [0.717, 1.165) is 36.8 Å². The van der Waals surface area contributed by atoms with Crippen LogP contribution in [0.5, 0.6) is 0 Å². The Morgan fingerprint density at radius 1 is 1.17 bits per heavy atom. The minimum Gasteiger partial charge on any atom is -0.306 e. The highest BCUT2D eigenvalue weighted by Crippen LogP contribution is 2.38. The smallest absolute Gasteiger partial charge is 0.191 e. The van der Waals surface area contributed by atoms with Gasteiger partial charge in [0.2, 0.25) is 0 Å². The first kappa shape index (κ1) is 12.0. The molecule has 0 spiro atoms. The number of rotatable bonds is 2. The third-order valence-electron chi connectivity index (χ3n) is 3.95. The molecular formula is C13H18N4S. The average molecular weight is 262 g/mol. The van der Waals surface area contributed by atoms with Crippen LogP contribution in [0.4, 0.5) is 0 Å². The van der Waals surface area contributed by atoms with E-state index in [4.69, 9.17) is 5.26 Å². The zero-order valence-corrected chi connectivity index (χ0v) is 11.3. The van der Waals surface area contributed by atoms with Gasteiger partial charge in [-0.05, 0) is 25.7 Å². The topological polar surface area (TPSA) is 54.5 Å². The van der Waals surface area contributed by atoms with Crippen LogP contribution in [-0.2, 0) is 13.0 Å². The zero-order valence-electron chi connectivity index (χ0n) is 10.5. The molecule has 2 heterocycles. The molecule has 18 heavy (non-hydrogen) atoms. The minimum absolute atomic E-state index is 0.203. The van der Waals surface area contributed by atoms with E-state index in [1.165, 1.54) is 25.7 Å². The van der Waals surface area contributed by atoms with Crippen molar-refractivity contribution in [2.75, 3.05) is 0 Å². The van der Waals surface area contributed by atoms with E-state index < -0.39 is 0 Å². The molecule has 2 atom stereocenters. The van der Waals surface area contributed by atoms with Crippen LogP contribution < -0.4 is 0 Å². The molecule has 3 rings (SSSR count). The Labute approximate surface area is 112 Å². The van der Waals surface area contributed by atoms with E-state index >= 15 is 0 Å². The maximum absolute atomic E-state index is 9.14. The van der Waals surface area contributed by atoms with Crippen molar-refractivity contribution in [2.24, 2.45) is 5.92 Å². The van der Waals surface area contributed by atoms with Crippen molar-refractivity contribution in [1.29, 1.82) is 5.26 Å². The molecule has 2 unspecified atom stereocenters. The van der Waals surface area contributed by atoms with Gasteiger partial charge in [-0.25, -0.2) is 0 Å². The van der Waals surface area contributed by atoms with E-state index in [-0.39, 0.29) is 5.92 Å². The normalized spacial score (nSPS) is 27.5. The maximum atomic E-state index is 9.14. The molecule has 0 bridgehead atoms. The van der Waals surface area contributed by atoms with Crippen LogP contribution in [0.2, 0.25) is 0 Å². The lowest BCUT2D eigenvalue weighted by Gasteiger charge is -2.13. The summed E-state index contributed by atoms with van der Waals surface area (Å²) in [6, 6.07) is 2.44. The molecule has 0 amide bonds. The SMILES string of the molecule is N#CC1CCCC1Sc1nnc2n1CCCCC2. The van der Waals surface area contributed by atoms with Gasteiger partial charge in [0, 0.05) is 18.2 Å². The van der Waals surface area contributed by atoms with Gasteiger partial charge in [-0.1, -0.05) is 24.6 Å². The number of thioether (sulfide) groups is 1. The lowest BCUT2D eigenvalue weighted by atomic mass is 10.1. The summed E-state index contributed by atoms with van der Waals surface area (Å²) < 4.78 is 2.28. The molecule has 96 valence electrons. The predicted octanol–water partition coefficient (Wildman–Crippen LogP) is 2.79. The second kappa shape index (κ2) is 5.31. The number of hydrogen-bond donors (Lipinski definition) is 0. The van der Waals surface area contributed by atoms with Crippen molar-refractivity contribution in [3.05, 3.63) is 5.82 Å². The Morgan fingerprint density at radius 3 is 3.00 bits per heavy atom. The summed E-state index contributed by atoms with van der Waals surface area (Å²) in [5.74, 6) is 1.34. The third kappa shape index (κ3) is 2.26. The Bertz CT molecular complexity index is 462. The molecule has 1 saturated carbocycles. The number of fused-ring (bicyclic) bond motifs is 1. The number of nitrogens with zero attached hydrogens (tertiary/aromatic N) is 4. The Hall–Kier alpha value is -1.02. The van der Waals surface area contributed by atoms with Gasteiger partial charge in [-0.2, -0.15) is 5.26 Å². The van der Waals surface area contributed by atoms with E-state index in [1.807, 2.05) is 0 Å². The number of hydrogen-bond acceptors (Lipinski definition) is 4. The quantitative estimate of drug-likeness (QED) is 0.822. The van der Waals surface area contributed by atoms with E-state index in [9.17, 15) is 0 Å². The first-order valence-electron chi connectivity index (χ1n) is 6.87. The highest BCUT2D eigenvalue weighted by molar-refractivity contribution is 7.99. The Balaban J connectivity index is 1.77. The van der Waals surface area contributed by atoms with E-state index in [2.05, 4.69) is 20.8 Å². The predicted molar refractivity (Wildman–Crippen MR) is 70.2 cm³/mol. The van der Waals surface area contributed by atoms with E-state index in [1.54, 1.807) is 11.8 Å². The van der Waals surface area contributed by atoms with Crippen molar-refractivity contribution < 1.29 is 0 Å². The molecule has 2 aliphatic rings. The lowest BCUT2D eigenvalue weighted by Crippen LogP contribution is -2.10. The number of aromatic nitrogens is 3. The summed E-state index contributed by atoms with van der Waals surface area (Å²) in [5, 5.41) is 19.3. The molecule has 1 aromatic heterocycles. The summed E-state index contributed by atoms with van der Waals surface area (Å²) >= 11 is 1.78. The molecule has 0 saturated heterocycles. The second-order valence-electron chi connectivity index (χ2n) is 5.18. The van der Waals surface area contributed by atoms with Gasteiger partial charge in [0.15, 0.2) is 5.16 Å². The first-order valence-corrected chi connectivity index (χ1v) is 7.75. The standard InChI is InChI=1S/C13H18N4S/c14-9-10-5-4-6-11(10)18-13-16-15-12-7-2-1-3-8-17(12)13/h10-11H,1-8H2. The van der Waals surface area contributed by atoms with E-state index in [0.29, 0.717) is 5.25 Å². The molecule has 1 aliphatic carbocycles. The molecule has 0 N–H and O–H groups in total. The Morgan fingerprint density at radius 2 is 2.11 bits per heavy atom. The summed E-state index contributed by atoms with van der Waals surface area (Å²) in [6.45, 7) is 1.05. The van der Waals surface area contributed by atoms with Crippen LogP contribution in [0.15, 0.2) is 5.16 Å². The largest absolute Gasteiger partial charge is 0.306 e. The van der Waals surface area contributed by atoms with Crippen molar-refractivity contribution in [2.45, 2.75) is 61.9 Å². The zero-order chi connectivity index (χ0) is 12.4. The molecule has 5 heteroatoms. The van der Waals surface area contributed by atoms with Crippen molar-refractivity contribution in [3.63, 3.8) is 0 Å². The monoisotopic (exact) mass is 262 g/mol. The first-order chi connectivity index (χ1) is 8.88. The van der Waals surface area contributed by atoms with Crippen LogP contribution >= 0.6 is 11.8 Å². The molecule has 1 aliphatic heterocycles. The van der Waals surface area contributed by atoms with Crippen molar-refractivity contribution in [1.82, 2.24) is 14.8 Å². The van der Waals surface area contributed by atoms with Crippen LogP contribution in [-0.4, -0.2) is 20.0 Å². The number of nitriles is 1. The highest BCUT2D eigenvalue weighted by atomic mass is 32.2. The van der Waals surface area contributed by atoms with Crippen LogP contribution in [0, 0.1) is 17.2 Å². The molecular weight excluding hydrogens is 244 g/mol. The summed E-state index contributed by atoms with van der Waals surface area (Å²) in [4.78, 5) is 0. The summed E-state index contributed by atoms with van der Waals surface area (Å²) in [5.41, 5.74) is 0. The van der Waals surface area contributed by atoms with Gasteiger partial charge in [-0.15, -0.1) is 10.2 Å². The van der Waals surface area contributed by atoms with Gasteiger partial charge < -0.3 is 4.57 Å². The second-order valence-corrected chi connectivity index (χ2v) is 6.39. The fraction of sp³-hybridized carbons (Fsp3) is 0.769. The summed E-state index contributed by atoms with van der Waals surface area (Å²) in [6.07, 6.45) is 8.17. The van der Waals surface area contributed by atoms with Crippen LogP contribution in [0.1, 0.15) is 44.3 Å². The molecule has 4 nitrogen and oxygen atoms in total. The third-order valence-corrected chi connectivity index (χ3v) is 5.33. The van der Waals surface area contributed by atoms with Crippen LogP contribution in [0.3, 0.4) is 0 Å². The van der Waals surface area contributed by atoms with Gasteiger partial charge in [-0.3, -0.25) is 0 Å². The molecule has 0 aromatic carbocycles. The fourth-order valence-corrected chi connectivity index (χ4v) is 4.22. The van der Waals surface area contributed by atoms with Crippen molar-refractivity contribution >= 4 is 11.8 Å². The average Bonchev–Trinajstić information content (AvgIpc) is 2.91. The minimum atomic E-state index is 0.203. The highest BCUT2D eigenvalue weighted by Gasteiger charge is 2.30. The number of aryl methyl sites for hydroxylation is 1. The lowest BCUT2D eigenvalue weighted by molar-refractivity contribution is 0.588. The van der Waals surface area contributed by atoms with Crippen LogP contribution in [0.25, 0.3) is 0 Å².